The Labute approximate surface area is 136 Å². The number of nitrogens with one attached hydrogen (secondary N) is 2. The number of hydrogen-bond donors (Lipinski definition) is 2. The van der Waals surface area contributed by atoms with E-state index in [2.05, 4.69) is 26.6 Å². The van der Waals surface area contributed by atoms with Crippen molar-refractivity contribution in [3.05, 3.63) is 69.8 Å². The molecule has 4 rings (SSSR count). The first-order chi connectivity index (χ1) is 10.7. The van der Waals surface area contributed by atoms with E-state index in [4.69, 9.17) is 4.74 Å². The second kappa shape index (κ2) is 5.18. The molecule has 4 nitrogen and oxygen atoms in total. The minimum atomic E-state index is -0.271. The molecule has 0 fully saturated rings. The molecule has 2 aromatic rings. The maximum absolute atomic E-state index is 12.2. The second-order valence-corrected chi connectivity index (χ2v) is 6.19. The smallest absolute Gasteiger partial charge is 0.338 e. The summed E-state index contributed by atoms with van der Waals surface area (Å²) in [5, 5.41) is 6.79. The van der Waals surface area contributed by atoms with Gasteiger partial charge in [-0.05, 0) is 29.8 Å². The lowest BCUT2D eigenvalue weighted by Crippen LogP contribution is -2.17. The van der Waals surface area contributed by atoms with Gasteiger partial charge in [0.2, 0.25) is 0 Å². The number of cyclic esters (lactones) is 1. The highest BCUT2D eigenvalue weighted by molar-refractivity contribution is 9.10. The molecule has 0 spiro atoms. The topological polar surface area (TPSA) is 50.4 Å². The number of para-hydroxylation sites is 2. The van der Waals surface area contributed by atoms with Gasteiger partial charge in [0.15, 0.2) is 0 Å². The van der Waals surface area contributed by atoms with E-state index in [0.717, 1.165) is 27.1 Å². The fraction of sp³-hybridized carbons (Fsp3) is 0.118. The van der Waals surface area contributed by atoms with Crippen LogP contribution >= 0.6 is 15.9 Å². The predicted molar refractivity (Wildman–Crippen MR) is 88.6 cm³/mol. The summed E-state index contributed by atoms with van der Waals surface area (Å²) in [5.74, 6) is -0.271. The van der Waals surface area contributed by atoms with E-state index >= 15 is 0 Å². The van der Waals surface area contributed by atoms with Crippen LogP contribution in [0.25, 0.3) is 0 Å². The van der Waals surface area contributed by atoms with Crippen LogP contribution in [0, 0.1) is 0 Å². The lowest BCUT2D eigenvalue weighted by Gasteiger charge is -2.20. The Bertz CT molecular complexity index is 801. The molecule has 2 heterocycles. The first-order valence-electron chi connectivity index (χ1n) is 7.00. The predicted octanol–water partition coefficient (Wildman–Crippen LogP) is 3.84. The van der Waals surface area contributed by atoms with Crippen molar-refractivity contribution in [3.8, 4) is 0 Å². The molecule has 0 aliphatic carbocycles. The average Bonchev–Trinajstić information content (AvgIpc) is 2.79. The van der Waals surface area contributed by atoms with Crippen LogP contribution in [0.1, 0.15) is 11.6 Å². The third-order valence-electron chi connectivity index (χ3n) is 3.88. The maximum atomic E-state index is 12.2. The molecule has 2 N–H and O–H groups in total. The van der Waals surface area contributed by atoms with Gasteiger partial charge in [-0.1, -0.05) is 40.2 Å². The molecule has 0 radical (unpaired) electrons. The highest BCUT2D eigenvalue weighted by Crippen LogP contribution is 2.39. The highest BCUT2D eigenvalue weighted by Gasteiger charge is 2.35. The number of hydrogen-bond acceptors (Lipinski definition) is 4. The minimum Gasteiger partial charge on any atom is -0.456 e. The van der Waals surface area contributed by atoms with Crippen molar-refractivity contribution in [1.29, 1.82) is 0 Å². The van der Waals surface area contributed by atoms with Crippen molar-refractivity contribution in [2.75, 3.05) is 17.2 Å². The normalized spacial score (nSPS) is 19.5. The van der Waals surface area contributed by atoms with E-state index in [0.29, 0.717) is 5.57 Å². The maximum Gasteiger partial charge on any atom is 0.338 e. The monoisotopic (exact) mass is 356 g/mol. The number of ether oxygens (including phenoxy) is 1. The zero-order valence-corrected chi connectivity index (χ0v) is 13.2. The average molecular weight is 357 g/mol. The van der Waals surface area contributed by atoms with Gasteiger partial charge in [-0.15, -0.1) is 0 Å². The Hall–Kier alpha value is -2.27. The summed E-state index contributed by atoms with van der Waals surface area (Å²) in [4.78, 5) is 12.2. The van der Waals surface area contributed by atoms with E-state index in [-0.39, 0.29) is 18.6 Å². The van der Waals surface area contributed by atoms with E-state index in [9.17, 15) is 4.79 Å². The van der Waals surface area contributed by atoms with Gasteiger partial charge < -0.3 is 15.4 Å². The number of benzene rings is 2. The molecule has 0 saturated heterocycles. The van der Waals surface area contributed by atoms with Crippen LogP contribution < -0.4 is 10.6 Å². The zero-order valence-electron chi connectivity index (χ0n) is 11.6. The summed E-state index contributed by atoms with van der Waals surface area (Å²) >= 11 is 3.49. The highest BCUT2D eigenvalue weighted by atomic mass is 79.9. The van der Waals surface area contributed by atoms with Crippen LogP contribution in [0.2, 0.25) is 0 Å². The third-order valence-corrected chi connectivity index (χ3v) is 4.37. The Morgan fingerprint density at radius 2 is 1.91 bits per heavy atom. The summed E-state index contributed by atoms with van der Waals surface area (Å²) in [5.41, 5.74) is 4.40. The molecular weight excluding hydrogens is 344 g/mol. The number of halogens is 1. The van der Waals surface area contributed by atoms with Crippen molar-refractivity contribution in [3.63, 3.8) is 0 Å². The molecule has 0 aromatic heterocycles. The summed E-state index contributed by atoms with van der Waals surface area (Å²) in [7, 11) is 0. The van der Waals surface area contributed by atoms with Crippen LogP contribution in [-0.2, 0) is 9.53 Å². The van der Waals surface area contributed by atoms with Crippen molar-refractivity contribution in [2.24, 2.45) is 0 Å². The summed E-state index contributed by atoms with van der Waals surface area (Å²) in [6.07, 6.45) is 0. The number of esters is 1. The molecule has 1 unspecified atom stereocenters. The quantitative estimate of drug-likeness (QED) is 0.762. The minimum absolute atomic E-state index is 0.237. The van der Waals surface area contributed by atoms with Gasteiger partial charge in [-0.3, -0.25) is 0 Å². The van der Waals surface area contributed by atoms with Gasteiger partial charge in [-0.25, -0.2) is 4.79 Å². The lowest BCUT2D eigenvalue weighted by atomic mass is 9.98. The molecule has 1 atom stereocenters. The molecule has 2 aliphatic heterocycles. The molecular formula is C17H13BrN2O2. The van der Waals surface area contributed by atoms with Crippen molar-refractivity contribution in [2.45, 2.75) is 6.04 Å². The van der Waals surface area contributed by atoms with Crippen LogP contribution in [0.3, 0.4) is 0 Å². The Morgan fingerprint density at radius 1 is 1.09 bits per heavy atom. The van der Waals surface area contributed by atoms with E-state index < -0.39 is 0 Å². The van der Waals surface area contributed by atoms with Crippen LogP contribution in [-0.4, -0.2) is 12.6 Å². The van der Waals surface area contributed by atoms with Gasteiger partial charge in [0.1, 0.15) is 6.61 Å². The van der Waals surface area contributed by atoms with Gasteiger partial charge in [-0.2, -0.15) is 0 Å². The number of rotatable bonds is 1. The Kier molecular flexibility index (Phi) is 3.15. The van der Waals surface area contributed by atoms with Crippen LogP contribution in [0.15, 0.2) is 64.3 Å². The fourth-order valence-corrected chi connectivity index (χ4v) is 3.27. The first-order valence-corrected chi connectivity index (χ1v) is 7.80. The fourth-order valence-electron chi connectivity index (χ4n) is 2.86. The molecule has 0 bridgehead atoms. The number of fused-ring (bicyclic) bond motifs is 1. The van der Waals surface area contributed by atoms with Gasteiger partial charge in [0.05, 0.1) is 28.7 Å². The molecule has 110 valence electrons. The number of carbonyl (C=O) groups excluding carboxylic acids is 1. The summed E-state index contributed by atoms with van der Waals surface area (Å²) in [6.45, 7) is 0.286. The van der Waals surface area contributed by atoms with Crippen LogP contribution in [0.5, 0.6) is 0 Å². The Balaban J connectivity index is 1.87. The third kappa shape index (κ3) is 2.18. The second-order valence-electron chi connectivity index (χ2n) is 5.27. The Morgan fingerprint density at radius 3 is 2.73 bits per heavy atom. The van der Waals surface area contributed by atoms with Crippen molar-refractivity contribution in [1.82, 2.24) is 0 Å². The summed E-state index contributed by atoms with van der Waals surface area (Å²) in [6, 6.07) is 15.6. The zero-order chi connectivity index (χ0) is 15.1. The number of carbonyl (C=O) groups is 1. The SMILES string of the molecule is O=C1OCC2=C1C(c1cccc(Br)c1)Nc1ccccc1N2. The van der Waals surface area contributed by atoms with Crippen molar-refractivity contribution >= 4 is 33.3 Å². The van der Waals surface area contributed by atoms with Crippen LogP contribution in [0.4, 0.5) is 11.4 Å². The molecule has 22 heavy (non-hydrogen) atoms. The lowest BCUT2D eigenvalue weighted by molar-refractivity contribution is -0.136. The van der Waals surface area contributed by atoms with E-state index in [1.165, 1.54) is 0 Å². The molecule has 2 aromatic carbocycles. The van der Waals surface area contributed by atoms with E-state index in [1.807, 2.05) is 48.5 Å². The van der Waals surface area contributed by atoms with E-state index in [1.54, 1.807) is 0 Å². The molecule has 5 heteroatoms. The number of anilines is 2. The summed E-state index contributed by atoms with van der Waals surface area (Å²) < 4.78 is 6.20. The van der Waals surface area contributed by atoms with Gasteiger partial charge in [0.25, 0.3) is 0 Å². The standard InChI is InChI=1S/C17H13BrN2O2/c18-11-5-3-4-10(8-11)16-15-14(9-22-17(15)21)19-12-6-1-2-7-13(12)20-16/h1-8,16,19-20H,9H2. The molecule has 0 amide bonds. The molecule has 2 aliphatic rings. The first kappa shape index (κ1) is 13.4. The van der Waals surface area contributed by atoms with Gasteiger partial charge in [0, 0.05) is 4.47 Å². The molecule has 0 saturated carbocycles. The van der Waals surface area contributed by atoms with Crippen molar-refractivity contribution < 1.29 is 9.53 Å². The van der Waals surface area contributed by atoms with Gasteiger partial charge >= 0.3 is 5.97 Å². The largest absolute Gasteiger partial charge is 0.456 e.